The number of carbonyl (C=O) groups is 1. The average Bonchev–Trinajstić information content (AvgIpc) is 1.88. The Morgan fingerprint density at radius 3 is 2.60 bits per heavy atom. The summed E-state index contributed by atoms with van der Waals surface area (Å²) in [6.07, 6.45) is 2.72. The molecular formula is C8H16O2. The molecule has 0 bridgehead atoms. The summed E-state index contributed by atoms with van der Waals surface area (Å²) in [4.78, 5) is 10.6. The van der Waals surface area contributed by atoms with Crippen molar-refractivity contribution in [2.24, 2.45) is 5.92 Å². The molecule has 0 rings (SSSR count). The van der Waals surface area contributed by atoms with Gasteiger partial charge >= 0.3 is 0 Å². The van der Waals surface area contributed by atoms with E-state index in [1.165, 1.54) is 0 Å². The van der Waals surface area contributed by atoms with Crippen LogP contribution in [-0.4, -0.2) is 17.5 Å². The van der Waals surface area contributed by atoms with Gasteiger partial charge in [-0.2, -0.15) is 0 Å². The molecule has 1 N–H and O–H groups in total. The van der Waals surface area contributed by atoms with Crippen LogP contribution in [-0.2, 0) is 4.79 Å². The molecule has 0 amide bonds. The van der Waals surface area contributed by atoms with Gasteiger partial charge in [0, 0.05) is 6.42 Å². The summed E-state index contributed by atoms with van der Waals surface area (Å²) in [6, 6.07) is 0. The van der Waals surface area contributed by atoms with Crippen LogP contribution in [0.5, 0.6) is 0 Å². The normalized spacial score (nSPS) is 13.1. The molecule has 0 aromatic rings. The highest BCUT2D eigenvalue weighted by atomic mass is 16.3. The van der Waals surface area contributed by atoms with Gasteiger partial charge in [0.2, 0.25) is 0 Å². The smallest absolute Gasteiger partial charge is 0.158 e. The lowest BCUT2D eigenvalue weighted by Crippen LogP contribution is -2.08. The van der Waals surface area contributed by atoms with Crippen LogP contribution in [0.2, 0.25) is 0 Å². The Hall–Kier alpha value is -0.370. The third kappa shape index (κ3) is 4.50. The van der Waals surface area contributed by atoms with Crippen molar-refractivity contribution < 1.29 is 9.90 Å². The van der Waals surface area contributed by atoms with Gasteiger partial charge in [0.25, 0.3) is 0 Å². The Morgan fingerprint density at radius 2 is 2.20 bits per heavy atom. The zero-order chi connectivity index (χ0) is 7.98. The average molecular weight is 144 g/mol. The van der Waals surface area contributed by atoms with E-state index in [-0.39, 0.29) is 12.4 Å². The van der Waals surface area contributed by atoms with Crippen LogP contribution >= 0.6 is 0 Å². The van der Waals surface area contributed by atoms with E-state index in [4.69, 9.17) is 5.11 Å². The Morgan fingerprint density at radius 1 is 1.60 bits per heavy atom. The summed E-state index contributed by atoms with van der Waals surface area (Å²) < 4.78 is 0. The van der Waals surface area contributed by atoms with Crippen LogP contribution < -0.4 is 0 Å². The second kappa shape index (κ2) is 5.42. The number of rotatable bonds is 5. The summed E-state index contributed by atoms with van der Waals surface area (Å²) in [5, 5.41) is 8.40. The molecule has 0 aliphatic rings. The molecule has 2 nitrogen and oxygen atoms in total. The van der Waals surface area contributed by atoms with E-state index in [0.717, 1.165) is 12.8 Å². The second-order valence-corrected chi connectivity index (χ2v) is 2.79. The van der Waals surface area contributed by atoms with Crippen LogP contribution in [0, 0.1) is 5.92 Å². The fourth-order valence-electron chi connectivity index (χ4n) is 1.05. The Bertz CT molecular complexity index is 99.4. The van der Waals surface area contributed by atoms with E-state index in [1.54, 1.807) is 0 Å². The van der Waals surface area contributed by atoms with Gasteiger partial charge in [-0.15, -0.1) is 0 Å². The number of aliphatic hydroxyl groups excluding tert-OH is 1. The maximum Gasteiger partial charge on any atom is 0.158 e. The van der Waals surface area contributed by atoms with Crippen molar-refractivity contribution >= 4 is 5.78 Å². The van der Waals surface area contributed by atoms with Crippen molar-refractivity contribution in [3.05, 3.63) is 0 Å². The summed E-state index contributed by atoms with van der Waals surface area (Å²) >= 11 is 0. The van der Waals surface area contributed by atoms with Crippen LogP contribution in [0.1, 0.15) is 33.1 Å². The van der Waals surface area contributed by atoms with Gasteiger partial charge in [0.1, 0.15) is 6.61 Å². The van der Waals surface area contributed by atoms with Crippen molar-refractivity contribution in [3.63, 3.8) is 0 Å². The van der Waals surface area contributed by atoms with E-state index < -0.39 is 0 Å². The van der Waals surface area contributed by atoms with Gasteiger partial charge in [-0.05, 0) is 5.92 Å². The number of Topliss-reactive ketones (excluding diaryl/α,β-unsaturated/α-hetero) is 1. The minimum Gasteiger partial charge on any atom is -0.389 e. The minimum absolute atomic E-state index is 0.0408. The first-order chi connectivity index (χ1) is 4.70. The van der Waals surface area contributed by atoms with E-state index in [0.29, 0.717) is 12.3 Å². The Balaban J connectivity index is 3.37. The van der Waals surface area contributed by atoms with Crippen LogP contribution in [0.4, 0.5) is 0 Å². The fraction of sp³-hybridized carbons (Fsp3) is 0.875. The summed E-state index contributed by atoms with van der Waals surface area (Å²) in [5.41, 5.74) is 0. The quantitative estimate of drug-likeness (QED) is 0.632. The van der Waals surface area contributed by atoms with Crippen LogP contribution in [0.15, 0.2) is 0 Å². The Kier molecular flexibility index (Phi) is 5.22. The van der Waals surface area contributed by atoms with Gasteiger partial charge < -0.3 is 5.11 Å². The molecule has 1 unspecified atom stereocenters. The first-order valence-electron chi connectivity index (χ1n) is 3.83. The largest absolute Gasteiger partial charge is 0.389 e. The molecule has 0 heterocycles. The molecule has 0 aromatic heterocycles. The molecule has 0 aromatic carbocycles. The topological polar surface area (TPSA) is 37.3 Å². The molecule has 60 valence electrons. The molecule has 1 atom stereocenters. The SMILES string of the molecule is CCCC(C)CC(=O)CO. The maximum atomic E-state index is 10.6. The highest BCUT2D eigenvalue weighted by molar-refractivity contribution is 5.79. The Labute approximate surface area is 62.2 Å². The highest BCUT2D eigenvalue weighted by Gasteiger charge is 2.05. The predicted molar refractivity (Wildman–Crippen MR) is 40.8 cm³/mol. The molecule has 10 heavy (non-hydrogen) atoms. The molecule has 0 saturated heterocycles. The van der Waals surface area contributed by atoms with Gasteiger partial charge in [0.05, 0.1) is 0 Å². The molecule has 0 radical (unpaired) electrons. The molecule has 0 aliphatic carbocycles. The molecule has 0 fully saturated rings. The monoisotopic (exact) mass is 144 g/mol. The zero-order valence-electron chi connectivity index (χ0n) is 6.76. The van der Waals surface area contributed by atoms with Gasteiger partial charge in [-0.25, -0.2) is 0 Å². The van der Waals surface area contributed by atoms with E-state index in [2.05, 4.69) is 6.92 Å². The molecule has 0 spiro atoms. The van der Waals surface area contributed by atoms with E-state index in [1.807, 2.05) is 6.92 Å². The summed E-state index contributed by atoms with van der Waals surface area (Å²) in [6.45, 7) is 3.84. The third-order valence-electron chi connectivity index (χ3n) is 1.53. The molecular weight excluding hydrogens is 128 g/mol. The fourth-order valence-corrected chi connectivity index (χ4v) is 1.05. The number of aliphatic hydroxyl groups is 1. The van der Waals surface area contributed by atoms with Gasteiger partial charge in [-0.1, -0.05) is 26.7 Å². The number of hydrogen-bond donors (Lipinski definition) is 1. The van der Waals surface area contributed by atoms with Crippen molar-refractivity contribution in [1.29, 1.82) is 0 Å². The maximum absolute atomic E-state index is 10.6. The third-order valence-corrected chi connectivity index (χ3v) is 1.53. The predicted octanol–water partition coefficient (Wildman–Crippen LogP) is 1.37. The number of hydrogen-bond acceptors (Lipinski definition) is 2. The molecule has 0 aliphatic heterocycles. The molecule has 0 saturated carbocycles. The first-order valence-corrected chi connectivity index (χ1v) is 3.83. The van der Waals surface area contributed by atoms with Gasteiger partial charge in [-0.3, -0.25) is 4.79 Å². The summed E-state index contributed by atoms with van der Waals surface area (Å²) in [5.74, 6) is 0.394. The lowest BCUT2D eigenvalue weighted by atomic mass is 10.0. The van der Waals surface area contributed by atoms with E-state index in [9.17, 15) is 4.79 Å². The number of carbonyl (C=O) groups excluding carboxylic acids is 1. The van der Waals surface area contributed by atoms with Crippen molar-refractivity contribution in [2.45, 2.75) is 33.1 Å². The van der Waals surface area contributed by atoms with Crippen molar-refractivity contribution in [3.8, 4) is 0 Å². The molecule has 2 heteroatoms. The lowest BCUT2D eigenvalue weighted by molar-refractivity contribution is -0.122. The van der Waals surface area contributed by atoms with Crippen molar-refractivity contribution in [2.75, 3.05) is 6.61 Å². The zero-order valence-corrected chi connectivity index (χ0v) is 6.76. The lowest BCUT2D eigenvalue weighted by Gasteiger charge is -2.06. The van der Waals surface area contributed by atoms with E-state index >= 15 is 0 Å². The first kappa shape index (κ1) is 9.63. The second-order valence-electron chi connectivity index (χ2n) is 2.79. The summed E-state index contributed by atoms with van der Waals surface area (Å²) in [7, 11) is 0. The minimum atomic E-state index is -0.298. The highest BCUT2D eigenvalue weighted by Crippen LogP contribution is 2.09. The van der Waals surface area contributed by atoms with Crippen LogP contribution in [0.3, 0.4) is 0 Å². The van der Waals surface area contributed by atoms with Crippen molar-refractivity contribution in [1.82, 2.24) is 0 Å². The standard InChI is InChI=1S/C8H16O2/c1-3-4-7(2)5-8(10)6-9/h7,9H,3-6H2,1-2H3. The van der Waals surface area contributed by atoms with Crippen LogP contribution in [0.25, 0.3) is 0 Å². The number of ketones is 1. The van der Waals surface area contributed by atoms with Gasteiger partial charge in [0.15, 0.2) is 5.78 Å².